The third kappa shape index (κ3) is 5.94. The molecule has 1 aliphatic heterocycles. The number of halogens is 1. The largest absolute Gasteiger partial charge is 0.333 e. The molecule has 0 saturated heterocycles. The summed E-state index contributed by atoms with van der Waals surface area (Å²) >= 11 is 6.34. The van der Waals surface area contributed by atoms with Crippen molar-refractivity contribution in [2.75, 3.05) is 40.3 Å². The molecule has 0 N–H and O–H groups in total. The molecule has 1 amide bonds. The van der Waals surface area contributed by atoms with Gasteiger partial charge in [0, 0.05) is 43.8 Å². The Morgan fingerprint density at radius 2 is 1.93 bits per heavy atom. The van der Waals surface area contributed by atoms with Crippen LogP contribution in [0, 0.1) is 0 Å². The van der Waals surface area contributed by atoms with Crippen molar-refractivity contribution in [2.24, 2.45) is 0 Å². The Kier molecular flexibility index (Phi) is 8.08. The smallest absolute Gasteiger partial charge is 0.246 e. The van der Waals surface area contributed by atoms with Crippen molar-refractivity contribution >= 4 is 23.6 Å². The fourth-order valence-corrected chi connectivity index (χ4v) is 4.01. The Morgan fingerprint density at radius 3 is 2.67 bits per heavy atom. The van der Waals surface area contributed by atoms with E-state index in [4.69, 9.17) is 11.6 Å². The number of carbonyl (C=O) groups is 1. The Morgan fingerprint density at radius 1 is 1.13 bits per heavy atom. The number of nitrogens with zero attached hydrogens (tertiary/aromatic N) is 3. The summed E-state index contributed by atoms with van der Waals surface area (Å²) in [6.07, 6.45) is 4.73. The summed E-state index contributed by atoms with van der Waals surface area (Å²) in [4.78, 5) is 19.5. The summed E-state index contributed by atoms with van der Waals surface area (Å²) in [6, 6.07) is 14.1. The monoisotopic (exact) mass is 425 g/mol. The van der Waals surface area contributed by atoms with Crippen molar-refractivity contribution < 1.29 is 4.79 Å². The number of likely N-dealkylation sites (N-methyl/N-ethyl adjacent to an activating group) is 2. The van der Waals surface area contributed by atoms with E-state index in [2.05, 4.69) is 34.9 Å². The van der Waals surface area contributed by atoms with E-state index in [0.717, 1.165) is 43.7 Å². The van der Waals surface area contributed by atoms with Crippen molar-refractivity contribution in [3.63, 3.8) is 0 Å². The molecule has 0 spiro atoms. The molecule has 2 aromatic carbocycles. The summed E-state index contributed by atoms with van der Waals surface area (Å²) in [5.41, 5.74) is 4.87. The minimum atomic E-state index is 0.0142. The van der Waals surface area contributed by atoms with Gasteiger partial charge in [-0.3, -0.25) is 9.69 Å². The van der Waals surface area contributed by atoms with Crippen LogP contribution in [0.5, 0.6) is 0 Å². The van der Waals surface area contributed by atoms with Gasteiger partial charge in [-0.15, -0.1) is 0 Å². The molecule has 0 fully saturated rings. The van der Waals surface area contributed by atoms with E-state index in [-0.39, 0.29) is 5.91 Å². The lowest BCUT2D eigenvalue weighted by Crippen LogP contribution is -2.35. The highest BCUT2D eigenvalue weighted by atomic mass is 35.5. The molecule has 0 unspecified atom stereocenters. The molecule has 2 aromatic rings. The molecule has 1 aliphatic rings. The highest BCUT2D eigenvalue weighted by molar-refractivity contribution is 6.31. The molecular weight excluding hydrogens is 394 g/mol. The van der Waals surface area contributed by atoms with Crippen LogP contribution in [0.25, 0.3) is 6.08 Å². The fourth-order valence-electron chi connectivity index (χ4n) is 3.81. The van der Waals surface area contributed by atoms with Crippen molar-refractivity contribution in [2.45, 2.75) is 26.4 Å². The third-order valence-corrected chi connectivity index (χ3v) is 6.05. The standard InChI is InChI=1S/C25H32ClN3O/c1-4-28-15-14-23-20(9-7-10-21(23)18-28)12-13-25(30)29(17-16-27(2)3)19-22-8-5-6-11-24(22)26/h5-13H,4,14-19H2,1-3H3/b13-12+. The van der Waals surface area contributed by atoms with E-state index in [0.29, 0.717) is 18.1 Å². The van der Waals surface area contributed by atoms with Crippen LogP contribution < -0.4 is 0 Å². The van der Waals surface area contributed by atoms with Crippen LogP contribution >= 0.6 is 11.6 Å². The SMILES string of the molecule is CCN1CCc2c(/C=C/C(=O)N(CCN(C)C)Cc3ccccc3Cl)cccc2C1. The van der Waals surface area contributed by atoms with Gasteiger partial charge < -0.3 is 9.80 Å². The van der Waals surface area contributed by atoms with Crippen molar-refractivity contribution in [1.82, 2.24) is 14.7 Å². The van der Waals surface area contributed by atoms with E-state index in [1.54, 1.807) is 6.08 Å². The minimum absolute atomic E-state index is 0.0142. The molecule has 4 nitrogen and oxygen atoms in total. The maximum absolute atomic E-state index is 13.1. The molecule has 5 heteroatoms. The first-order valence-electron chi connectivity index (χ1n) is 10.7. The molecule has 0 atom stereocenters. The highest BCUT2D eigenvalue weighted by Gasteiger charge is 2.17. The van der Waals surface area contributed by atoms with Gasteiger partial charge in [0.25, 0.3) is 0 Å². The van der Waals surface area contributed by atoms with E-state index in [1.165, 1.54) is 11.1 Å². The topological polar surface area (TPSA) is 26.8 Å². The fraction of sp³-hybridized carbons (Fsp3) is 0.400. The molecule has 0 saturated carbocycles. The maximum atomic E-state index is 13.1. The minimum Gasteiger partial charge on any atom is -0.333 e. The zero-order valence-electron chi connectivity index (χ0n) is 18.3. The number of rotatable bonds is 8. The Hall–Kier alpha value is -2.14. The molecule has 0 radical (unpaired) electrons. The number of hydrogen-bond acceptors (Lipinski definition) is 3. The van der Waals surface area contributed by atoms with Crippen LogP contribution in [0.2, 0.25) is 5.02 Å². The van der Waals surface area contributed by atoms with Crippen LogP contribution in [0.3, 0.4) is 0 Å². The number of benzene rings is 2. The van der Waals surface area contributed by atoms with Gasteiger partial charge in [-0.05, 0) is 61.5 Å². The summed E-state index contributed by atoms with van der Waals surface area (Å²) in [7, 11) is 4.04. The lowest BCUT2D eigenvalue weighted by Gasteiger charge is -2.28. The van der Waals surface area contributed by atoms with Crippen molar-refractivity contribution in [1.29, 1.82) is 0 Å². The normalized spacial score (nSPS) is 14.3. The van der Waals surface area contributed by atoms with Gasteiger partial charge in [-0.2, -0.15) is 0 Å². The number of fused-ring (bicyclic) bond motifs is 1. The van der Waals surface area contributed by atoms with Gasteiger partial charge in [0.1, 0.15) is 0 Å². The first-order chi connectivity index (χ1) is 14.5. The van der Waals surface area contributed by atoms with Crippen LogP contribution in [-0.4, -0.2) is 60.9 Å². The molecule has 160 valence electrons. The van der Waals surface area contributed by atoms with Gasteiger partial charge in [-0.1, -0.05) is 54.9 Å². The zero-order chi connectivity index (χ0) is 21.5. The second-order valence-electron chi connectivity index (χ2n) is 8.09. The Labute approximate surface area is 185 Å². The number of hydrogen-bond donors (Lipinski definition) is 0. The molecule has 30 heavy (non-hydrogen) atoms. The predicted octanol–water partition coefficient (Wildman–Crippen LogP) is 4.32. The van der Waals surface area contributed by atoms with Gasteiger partial charge in [0.05, 0.1) is 0 Å². The van der Waals surface area contributed by atoms with Gasteiger partial charge in [0.2, 0.25) is 5.91 Å². The maximum Gasteiger partial charge on any atom is 0.246 e. The molecule has 1 heterocycles. The zero-order valence-corrected chi connectivity index (χ0v) is 19.0. The summed E-state index contributed by atoms with van der Waals surface area (Å²) in [5.74, 6) is 0.0142. The predicted molar refractivity (Wildman–Crippen MR) is 126 cm³/mol. The summed E-state index contributed by atoms with van der Waals surface area (Å²) in [6.45, 7) is 7.30. The van der Waals surface area contributed by atoms with Crippen LogP contribution in [-0.2, 0) is 24.3 Å². The lowest BCUT2D eigenvalue weighted by molar-refractivity contribution is -0.126. The van der Waals surface area contributed by atoms with Gasteiger partial charge in [-0.25, -0.2) is 0 Å². The summed E-state index contributed by atoms with van der Waals surface area (Å²) in [5, 5.41) is 0.696. The lowest BCUT2D eigenvalue weighted by atomic mass is 9.94. The Bertz CT molecular complexity index is 894. The van der Waals surface area contributed by atoms with E-state index in [1.807, 2.05) is 49.3 Å². The molecule has 0 aromatic heterocycles. The van der Waals surface area contributed by atoms with Crippen molar-refractivity contribution in [3.8, 4) is 0 Å². The molecule has 0 bridgehead atoms. The van der Waals surface area contributed by atoms with Gasteiger partial charge in [0.15, 0.2) is 0 Å². The third-order valence-electron chi connectivity index (χ3n) is 5.68. The molecule has 3 rings (SSSR count). The quantitative estimate of drug-likeness (QED) is 0.589. The van der Waals surface area contributed by atoms with Gasteiger partial charge >= 0.3 is 0 Å². The van der Waals surface area contributed by atoms with Crippen LogP contribution in [0.15, 0.2) is 48.5 Å². The van der Waals surface area contributed by atoms with Crippen LogP contribution in [0.4, 0.5) is 0 Å². The molecular formula is C25H32ClN3O. The first-order valence-corrected chi connectivity index (χ1v) is 11.0. The number of carbonyl (C=O) groups excluding carboxylic acids is 1. The second-order valence-corrected chi connectivity index (χ2v) is 8.50. The molecule has 0 aliphatic carbocycles. The second kappa shape index (κ2) is 10.8. The average molecular weight is 426 g/mol. The first kappa shape index (κ1) is 22.5. The average Bonchev–Trinajstić information content (AvgIpc) is 2.75. The van der Waals surface area contributed by atoms with E-state index >= 15 is 0 Å². The van der Waals surface area contributed by atoms with Crippen molar-refractivity contribution in [3.05, 3.63) is 75.8 Å². The van der Waals surface area contributed by atoms with Crippen LogP contribution in [0.1, 0.15) is 29.2 Å². The highest BCUT2D eigenvalue weighted by Crippen LogP contribution is 2.24. The van der Waals surface area contributed by atoms with E-state index in [9.17, 15) is 4.79 Å². The Balaban J connectivity index is 1.77. The summed E-state index contributed by atoms with van der Waals surface area (Å²) < 4.78 is 0. The number of amides is 1. The van der Waals surface area contributed by atoms with E-state index < -0.39 is 0 Å².